The maximum Gasteiger partial charge on any atom is 0.349 e. The monoisotopic (exact) mass is 366 g/mol. The molecule has 0 bridgehead atoms. The molecule has 1 aliphatic heterocycles. The number of nitrogens with one attached hydrogen (secondary N) is 1. The smallest absolute Gasteiger partial charge is 0.349 e. The average molecular weight is 366 g/mol. The quantitative estimate of drug-likeness (QED) is 0.719. The fraction of sp³-hybridized carbons (Fsp3) is 0.250. The van der Waals surface area contributed by atoms with Gasteiger partial charge in [0.15, 0.2) is 0 Å². The molecule has 1 aliphatic rings. The molecule has 1 saturated heterocycles. The van der Waals surface area contributed by atoms with E-state index in [1.165, 1.54) is 12.5 Å². The lowest BCUT2D eigenvalue weighted by molar-refractivity contribution is 0.0697. The summed E-state index contributed by atoms with van der Waals surface area (Å²) in [5, 5.41) is 3.58. The summed E-state index contributed by atoms with van der Waals surface area (Å²) in [4.78, 5) is 38.7. The van der Waals surface area contributed by atoms with Crippen molar-refractivity contribution in [2.75, 3.05) is 13.1 Å². The predicted molar refractivity (Wildman–Crippen MR) is 97.6 cm³/mol. The Labute approximate surface area is 154 Å². The van der Waals surface area contributed by atoms with Gasteiger partial charge in [-0.2, -0.15) is 0 Å². The van der Waals surface area contributed by atoms with Crippen LogP contribution in [0.15, 0.2) is 62.6 Å². The first-order chi connectivity index (χ1) is 13.1. The lowest BCUT2D eigenvalue weighted by Gasteiger charge is -2.32. The van der Waals surface area contributed by atoms with Gasteiger partial charge in [0.2, 0.25) is 0 Å². The molecule has 1 N–H and O–H groups in total. The predicted octanol–water partition coefficient (Wildman–Crippen LogP) is 2.42. The van der Waals surface area contributed by atoms with Gasteiger partial charge in [0, 0.05) is 24.5 Å². The van der Waals surface area contributed by atoms with Crippen LogP contribution in [0, 0.1) is 0 Å². The molecule has 0 unspecified atom stereocenters. The summed E-state index contributed by atoms with van der Waals surface area (Å²) in [7, 11) is 0. The number of nitrogens with zero attached hydrogens (tertiary/aromatic N) is 1. The summed E-state index contributed by atoms with van der Waals surface area (Å²) in [5.74, 6) is -0.530. The number of benzene rings is 1. The first-order valence-corrected chi connectivity index (χ1v) is 8.77. The minimum Gasteiger partial charge on any atom is -0.472 e. The summed E-state index contributed by atoms with van der Waals surface area (Å²) < 4.78 is 10.2. The van der Waals surface area contributed by atoms with Gasteiger partial charge >= 0.3 is 5.63 Å². The molecule has 0 spiro atoms. The Balaban J connectivity index is 1.40. The van der Waals surface area contributed by atoms with Gasteiger partial charge in [-0.1, -0.05) is 18.2 Å². The number of carbonyl (C=O) groups is 2. The molecule has 0 saturated carbocycles. The number of carbonyl (C=O) groups excluding carboxylic acids is 2. The van der Waals surface area contributed by atoms with Gasteiger partial charge in [0.1, 0.15) is 17.4 Å². The summed E-state index contributed by atoms with van der Waals surface area (Å²) in [6.45, 7) is 1.06. The van der Waals surface area contributed by atoms with Crippen molar-refractivity contribution < 1.29 is 18.4 Å². The zero-order valence-corrected chi connectivity index (χ0v) is 14.5. The Hall–Kier alpha value is -3.35. The van der Waals surface area contributed by atoms with E-state index in [-0.39, 0.29) is 17.5 Å². The lowest BCUT2D eigenvalue weighted by Crippen LogP contribution is -2.47. The van der Waals surface area contributed by atoms with Crippen LogP contribution in [0.1, 0.15) is 33.6 Å². The standard InChI is InChI=1S/C20H18N2O5/c23-18(16-11-13-3-1-2-4-17(13)27-20(16)25)21-15-5-8-22(9-6-15)19(24)14-7-10-26-12-14/h1-4,7,10-12,15H,5-6,8-9H2,(H,21,23). The van der Waals surface area contributed by atoms with Gasteiger partial charge in [-0.15, -0.1) is 0 Å². The van der Waals surface area contributed by atoms with Crippen molar-refractivity contribution in [2.24, 2.45) is 0 Å². The van der Waals surface area contributed by atoms with Crippen LogP contribution in [-0.2, 0) is 0 Å². The van der Waals surface area contributed by atoms with Crippen LogP contribution in [0.2, 0.25) is 0 Å². The third kappa shape index (κ3) is 3.48. The number of piperidine rings is 1. The fourth-order valence-corrected chi connectivity index (χ4v) is 3.28. The molecule has 3 aromatic rings. The minimum absolute atomic E-state index is 0.00870. The number of hydrogen-bond donors (Lipinski definition) is 1. The summed E-state index contributed by atoms with van der Waals surface area (Å²) in [6.07, 6.45) is 4.13. The van der Waals surface area contributed by atoms with Gasteiger partial charge in [-0.25, -0.2) is 4.79 Å². The molecule has 0 aliphatic carbocycles. The van der Waals surface area contributed by atoms with Crippen molar-refractivity contribution in [3.63, 3.8) is 0 Å². The molecule has 1 fully saturated rings. The second-order valence-corrected chi connectivity index (χ2v) is 6.54. The SMILES string of the molecule is O=C(NC1CCN(C(=O)c2ccoc2)CC1)c1cc2ccccc2oc1=O. The lowest BCUT2D eigenvalue weighted by atomic mass is 10.0. The summed E-state index contributed by atoms with van der Waals surface area (Å²) in [5.41, 5.74) is 0.306. The molecule has 7 heteroatoms. The van der Waals surface area contributed by atoms with Crippen LogP contribution in [0.25, 0.3) is 11.0 Å². The maximum absolute atomic E-state index is 12.5. The molecule has 7 nitrogen and oxygen atoms in total. The van der Waals surface area contributed by atoms with E-state index in [9.17, 15) is 14.4 Å². The van der Waals surface area contributed by atoms with E-state index in [0.717, 1.165) is 0 Å². The maximum atomic E-state index is 12.5. The molecular weight excluding hydrogens is 348 g/mol. The molecular formula is C20H18N2O5. The van der Waals surface area contributed by atoms with Crippen molar-refractivity contribution in [1.29, 1.82) is 0 Å². The number of para-hydroxylation sites is 1. The number of rotatable bonds is 3. The van der Waals surface area contributed by atoms with Gasteiger partial charge in [-0.05, 0) is 31.0 Å². The molecule has 0 radical (unpaired) electrons. The summed E-state index contributed by atoms with van der Waals surface area (Å²) >= 11 is 0. The third-order valence-corrected chi connectivity index (χ3v) is 4.77. The Kier molecular flexibility index (Phi) is 4.50. The van der Waals surface area contributed by atoms with E-state index >= 15 is 0 Å². The van der Waals surface area contributed by atoms with E-state index < -0.39 is 11.5 Å². The zero-order valence-electron chi connectivity index (χ0n) is 14.5. The van der Waals surface area contributed by atoms with Crippen LogP contribution >= 0.6 is 0 Å². The molecule has 4 rings (SSSR count). The van der Waals surface area contributed by atoms with Gasteiger partial charge in [-0.3, -0.25) is 9.59 Å². The van der Waals surface area contributed by atoms with E-state index in [2.05, 4.69) is 5.32 Å². The highest BCUT2D eigenvalue weighted by Gasteiger charge is 2.26. The second kappa shape index (κ2) is 7.11. The molecule has 1 aromatic carbocycles. The van der Waals surface area contributed by atoms with Crippen LogP contribution in [0.4, 0.5) is 0 Å². The van der Waals surface area contributed by atoms with Crippen molar-refractivity contribution in [1.82, 2.24) is 10.2 Å². The molecule has 2 amide bonds. The first-order valence-electron chi connectivity index (χ1n) is 8.77. The van der Waals surface area contributed by atoms with Crippen molar-refractivity contribution in [3.05, 3.63) is 70.5 Å². The number of fused-ring (bicyclic) bond motifs is 1. The van der Waals surface area contributed by atoms with Crippen LogP contribution in [0.3, 0.4) is 0 Å². The van der Waals surface area contributed by atoms with Crippen LogP contribution < -0.4 is 10.9 Å². The highest BCUT2D eigenvalue weighted by molar-refractivity contribution is 5.97. The molecule has 27 heavy (non-hydrogen) atoms. The Bertz CT molecular complexity index is 1030. The average Bonchev–Trinajstić information content (AvgIpc) is 3.22. The van der Waals surface area contributed by atoms with Crippen LogP contribution in [-0.4, -0.2) is 35.8 Å². The van der Waals surface area contributed by atoms with E-state index in [1.807, 2.05) is 6.07 Å². The number of likely N-dealkylation sites (tertiary alicyclic amines) is 1. The Morgan fingerprint density at radius 1 is 1.11 bits per heavy atom. The van der Waals surface area contributed by atoms with Crippen molar-refractivity contribution >= 4 is 22.8 Å². The Morgan fingerprint density at radius 3 is 2.63 bits per heavy atom. The third-order valence-electron chi connectivity index (χ3n) is 4.77. The number of furan rings is 1. The molecule has 0 atom stereocenters. The first kappa shape index (κ1) is 17.1. The van der Waals surface area contributed by atoms with Gasteiger partial charge in [0.25, 0.3) is 11.8 Å². The van der Waals surface area contributed by atoms with Crippen molar-refractivity contribution in [2.45, 2.75) is 18.9 Å². The topological polar surface area (TPSA) is 92.8 Å². The molecule has 138 valence electrons. The Morgan fingerprint density at radius 2 is 1.89 bits per heavy atom. The van der Waals surface area contributed by atoms with Crippen LogP contribution in [0.5, 0.6) is 0 Å². The highest BCUT2D eigenvalue weighted by atomic mass is 16.4. The highest BCUT2D eigenvalue weighted by Crippen LogP contribution is 2.16. The minimum atomic E-state index is -0.654. The molecule has 3 heterocycles. The van der Waals surface area contributed by atoms with E-state index in [4.69, 9.17) is 8.83 Å². The zero-order chi connectivity index (χ0) is 18.8. The fourth-order valence-electron chi connectivity index (χ4n) is 3.28. The van der Waals surface area contributed by atoms with Gasteiger partial charge < -0.3 is 19.1 Å². The number of amides is 2. The largest absolute Gasteiger partial charge is 0.472 e. The van der Waals surface area contributed by atoms with Crippen molar-refractivity contribution in [3.8, 4) is 0 Å². The second-order valence-electron chi connectivity index (χ2n) is 6.54. The number of hydrogen-bond acceptors (Lipinski definition) is 5. The normalized spacial score (nSPS) is 15.0. The van der Waals surface area contributed by atoms with E-state index in [1.54, 1.807) is 35.2 Å². The summed E-state index contributed by atoms with van der Waals surface area (Å²) in [6, 6.07) is 10.1. The van der Waals surface area contributed by atoms with Gasteiger partial charge in [0.05, 0.1) is 11.8 Å². The van der Waals surface area contributed by atoms with E-state index in [0.29, 0.717) is 42.5 Å². The molecule has 2 aromatic heterocycles.